The highest BCUT2D eigenvalue weighted by atomic mass is 19.4. The number of rotatable bonds is 7. The van der Waals surface area contributed by atoms with E-state index in [0.717, 1.165) is 11.6 Å². The van der Waals surface area contributed by atoms with Crippen LogP contribution in [0.1, 0.15) is 55.4 Å². The predicted octanol–water partition coefficient (Wildman–Crippen LogP) is 6.34. The summed E-state index contributed by atoms with van der Waals surface area (Å²) < 4.78 is 60.2. The molecule has 2 amide bonds. The van der Waals surface area contributed by atoms with E-state index in [1.807, 2.05) is 30.3 Å². The summed E-state index contributed by atoms with van der Waals surface area (Å²) in [5.74, 6) is -1.18. The number of hydrogen-bond acceptors (Lipinski definition) is 6. The highest BCUT2D eigenvalue weighted by Gasteiger charge is 2.45. The van der Waals surface area contributed by atoms with E-state index in [1.54, 1.807) is 45.0 Å². The molecule has 1 saturated heterocycles. The Morgan fingerprint density at radius 3 is 2.30 bits per heavy atom. The lowest BCUT2D eigenvalue weighted by Gasteiger charge is -2.33. The highest BCUT2D eigenvalue weighted by molar-refractivity contribution is 5.99. The minimum Gasteiger partial charge on any atom is -0.497 e. The van der Waals surface area contributed by atoms with Crippen molar-refractivity contribution in [3.63, 3.8) is 0 Å². The number of hydrogen-bond donors (Lipinski definition) is 1. The lowest BCUT2D eigenvalue weighted by Crippen LogP contribution is -2.49. The Morgan fingerprint density at radius 1 is 0.978 bits per heavy atom. The fourth-order valence-electron chi connectivity index (χ4n) is 6.14. The molecule has 0 bridgehead atoms. The summed E-state index contributed by atoms with van der Waals surface area (Å²) in [6.45, 7) is 5.51. The SMILES string of the molecule is COc1ccc([C@@H]2Cc3c(cccc3C(F)(F)F)N(C[C@@H]3CC(OCc4ccccc4)CN3C(=O)OC(C)(C)C)C(=O)[C@@H]2O)cc1. The third-order valence-electron chi connectivity index (χ3n) is 8.34. The Hall–Kier alpha value is -4.09. The molecule has 1 unspecified atom stereocenters. The zero-order valence-corrected chi connectivity index (χ0v) is 26.3. The van der Waals surface area contributed by atoms with Gasteiger partial charge in [-0.2, -0.15) is 13.2 Å². The van der Waals surface area contributed by atoms with Gasteiger partial charge in [0.05, 0.1) is 38.0 Å². The molecule has 3 aromatic carbocycles. The highest BCUT2D eigenvalue weighted by Crippen LogP contribution is 2.43. The van der Waals surface area contributed by atoms with Gasteiger partial charge in [-0.3, -0.25) is 4.79 Å². The van der Waals surface area contributed by atoms with Crippen LogP contribution >= 0.6 is 0 Å². The van der Waals surface area contributed by atoms with Gasteiger partial charge in [-0.25, -0.2) is 4.79 Å². The van der Waals surface area contributed by atoms with Gasteiger partial charge in [0.15, 0.2) is 0 Å². The smallest absolute Gasteiger partial charge is 0.416 e. The third-order valence-corrected chi connectivity index (χ3v) is 8.34. The van der Waals surface area contributed by atoms with Crippen molar-refractivity contribution in [1.29, 1.82) is 0 Å². The summed E-state index contributed by atoms with van der Waals surface area (Å²) in [6, 6.07) is 19.1. The van der Waals surface area contributed by atoms with E-state index < -0.39 is 53.5 Å². The number of aliphatic hydroxyl groups excluding tert-OH is 1. The Bertz CT molecular complexity index is 1520. The first-order valence-electron chi connectivity index (χ1n) is 15.2. The zero-order valence-electron chi connectivity index (χ0n) is 26.3. The molecule has 1 N–H and O–H groups in total. The zero-order chi connectivity index (χ0) is 33.2. The van der Waals surface area contributed by atoms with Gasteiger partial charge in [0.1, 0.15) is 17.5 Å². The van der Waals surface area contributed by atoms with Gasteiger partial charge in [-0.1, -0.05) is 48.5 Å². The fourth-order valence-corrected chi connectivity index (χ4v) is 6.14. The number of amides is 2. The van der Waals surface area contributed by atoms with E-state index in [9.17, 15) is 27.9 Å². The monoisotopic (exact) mass is 640 g/mol. The predicted molar refractivity (Wildman–Crippen MR) is 166 cm³/mol. The summed E-state index contributed by atoms with van der Waals surface area (Å²) >= 11 is 0. The van der Waals surface area contributed by atoms with Gasteiger partial charge in [-0.05, 0) is 74.6 Å². The van der Waals surface area contributed by atoms with E-state index in [4.69, 9.17) is 14.2 Å². The number of halogens is 3. The average Bonchev–Trinajstić information content (AvgIpc) is 3.39. The Balaban J connectivity index is 1.50. The molecule has 2 aliphatic rings. The van der Waals surface area contributed by atoms with Gasteiger partial charge in [0.2, 0.25) is 0 Å². The second-order valence-corrected chi connectivity index (χ2v) is 12.7. The molecule has 46 heavy (non-hydrogen) atoms. The van der Waals surface area contributed by atoms with Crippen LogP contribution in [0.2, 0.25) is 0 Å². The van der Waals surface area contributed by atoms with Crippen LogP contribution in [0.4, 0.5) is 23.7 Å². The number of fused-ring (bicyclic) bond motifs is 1. The second kappa shape index (κ2) is 13.3. The quantitative estimate of drug-likeness (QED) is 0.324. The van der Waals surface area contributed by atoms with Crippen LogP contribution in [0.25, 0.3) is 0 Å². The Labute approximate surface area is 266 Å². The first-order valence-corrected chi connectivity index (χ1v) is 15.2. The van der Waals surface area contributed by atoms with Crippen LogP contribution in [0.5, 0.6) is 5.75 Å². The lowest BCUT2D eigenvalue weighted by molar-refractivity contribution is -0.138. The maximum Gasteiger partial charge on any atom is 0.416 e. The molecule has 5 rings (SSSR count). The van der Waals surface area contributed by atoms with Crippen LogP contribution in [0.15, 0.2) is 72.8 Å². The number of benzene rings is 3. The number of aliphatic hydroxyl groups is 1. The van der Waals surface area contributed by atoms with E-state index in [1.165, 1.54) is 29.0 Å². The molecule has 8 nitrogen and oxygen atoms in total. The summed E-state index contributed by atoms with van der Waals surface area (Å²) in [5, 5.41) is 11.5. The van der Waals surface area contributed by atoms with Gasteiger partial charge in [-0.15, -0.1) is 0 Å². The van der Waals surface area contributed by atoms with Gasteiger partial charge >= 0.3 is 12.3 Å². The van der Waals surface area contributed by atoms with E-state index in [-0.39, 0.29) is 30.8 Å². The number of anilines is 1. The van der Waals surface area contributed by atoms with Crippen molar-refractivity contribution in [3.05, 3.63) is 95.1 Å². The first kappa shape index (κ1) is 33.3. The Morgan fingerprint density at radius 2 is 1.67 bits per heavy atom. The van der Waals surface area contributed by atoms with Crippen molar-refractivity contribution >= 4 is 17.7 Å². The normalized spacial score (nSPS) is 22.0. The first-order chi connectivity index (χ1) is 21.7. The van der Waals surface area contributed by atoms with Crippen molar-refractivity contribution in [3.8, 4) is 5.75 Å². The molecule has 0 spiro atoms. The van der Waals surface area contributed by atoms with Crippen LogP contribution in [0.3, 0.4) is 0 Å². The van der Waals surface area contributed by atoms with Crippen molar-refractivity contribution < 1.29 is 42.1 Å². The molecule has 0 radical (unpaired) electrons. The number of alkyl halides is 3. The molecule has 2 aliphatic heterocycles. The maximum atomic E-state index is 14.4. The van der Waals surface area contributed by atoms with Crippen LogP contribution in [-0.4, -0.2) is 66.1 Å². The van der Waals surface area contributed by atoms with Gasteiger partial charge in [0, 0.05) is 18.2 Å². The molecular formula is C35H39F3N2O6. The maximum absolute atomic E-state index is 14.4. The number of carbonyl (C=O) groups excluding carboxylic acids is 2. The summed E-state index contributed by atoms with van der Waals surface area (Å²) in [4.78, 5) is 30.1. The van der Waals surface area contributed by atoms with Crippen LogP contribution in [0, 0.1) is 0 Å². The summed E-state index contributed by atoms with van der Waals surface area (Å²) in [6.07, 6.45) is -7.31. The van der Waals surface area contributed by atoms with Crippen molar-refractivity contribution in [1.82, 2.24) is 4.90 Å². The number of nitrogens with zero attached hydrogens (tertiary/aromatic N) is 2. The molecule has 2 heterocycles. The van der Waals surface area contributed by atoms with Gasteiger partial charge in [0.25, 0.3) is 5.91 Å². The molecule has 246 valence electrons. The third kappa shape index (κ3) is 7.47. The topological polar surface area (TPSA) is 88.5 Å². The van der Waals surface area contributed by atoms with Crippen molar-refractivity contribution in [2.75, 3.05) is 25.1 Å². The van der Waals surface area contributed by atoms with Gasteiger partial charge < -0.3 is 29.1 Å². The van der Waals surface area contributed by atoms with Crippen LogP contribution < -0.4 is 9.64 Å². The average molecular weight is 641 g/mol. The standard InChI is InChI=1S/C35H39F3N2O6/c1-34(2,3)46-33(43)39-20-26(45-21-22-9-6-5-7-10-22)17-24(39)19-40-30-12-8-11-29(35(36,37)38)28(30)18-27(31(41)32(40)42)23-13-15-25(44-4)16-14-23/h5-16,24,26-27,31,41H,17-21H2,1-4H3/t24-,26?,27-,31+/m0/s1. The number of ether oxygens (including phenoxy) is 3. The molecule has 11 heteroatoms. The largest absolute Gasteiger partial charge is 0.497 e. The minimum atomic E-state index is -4.70. The van der Waals surface area contributed by atoms with E-state index in [2.05, 4.69) is 0 Å². The number of carbonyl (C=O) groups is 2. The number of likely N-dealkylation sites (tertiary alicyclic amines) is 1. The second-order valence-electron chi connectivity index (χ2n) is 12.7. The summed E-state index contributed by atoms with van der Waals surface area (Å²) in [7, 11) is 1.49. The van der Waals surface area contributed by atoms with E-state index in [0.29, 0.717) is 24.3 Å². The summed E-state index contributed by atoms with van der Waals surface area (Å²) in [5.41, 5.74) is -0.295. The fraction of sp³-hybridized carbons (Fsp3) is 0.429. The van der Waals surface area contributed by atoms with Crippen molar-refractivity contribution in [2.24, 2.45) is 0 Å². The number of methoxy groups -OCH3 is 1. The minimum absolute atomic E-state index is 0.0488. The molecule has 0 aliphatic carbocycles. The lowest BCUT2D eigenvalue weighted by atomic mass is 9.86. The van der Waals surface area contributed by atoms with Crippen LogP contribution in [-0.2, 0) is 33.5 Å². The molecule has 1 fully saturated rings. The molecule has 3 aromatic rings. The molecule has 0 saturated carbocycles. The Kier molecular flexibility index (Phi) is 9.65. The molecule has 4 atom stereocenters. The van der Waals surface area contributed by atoms with E-state index >= 15 is 0 Å². The van der Waals surface area contributed by atoms with Crippen molar-refractivity contribution in [2.45, 2.75) is 76.2 Å². The molecular weight excluding hydrogens is 601 g/mol. The molecule has 0 aromatic heterocycles.